The molecule has 1 aromatic carbocycles. The number of hydrogen-bond donors (Lipinski definition) is 3. The monoisotopic (exact) mass is 357 g/mol. The molecule has 0 aliphatic heterocycles. The molecule has 3 rings (SSSR count). The number of imidazole rings is 1. The van der Waals surface area contributed by atoms with Gasteiger partial charge >= 0.3 is 0 Å². The Morgan fingerprint density at radius 1 is 1.32 bits per heavy atom. The number of anilines is 1. The van der Waals surface area contributed by atoms with E-state index in [1.807, 2.05) is 26.0 Å². The first-order valence-electron chi connectivity index (χ1n) is 8.31. The lowest BCUT2D eigenvalue weighted by Gasteiger charge is -2.20. The quantitative estimate of drug-likeness (QED) is 0.653. The molecular formula is C18H23N5OS. The Kier molecular flexibility index (Phi) is 4.76. The third-order valence-electron chi connectivity index (χ3n) is 4.16. The summed E-state index contributed by atoms with van der Waals surface area (Å²) in [6, 6.07) is 5.92. The van der Waals surface area contributed by atoms with Gasteiger partial charge in [-0.05, 0) is 37.5 Å². The number of carbonyl (C=O) groups is 1. The zero-order valence-corrected chi connectivity index (χ0v) is 15.7. The first-order valence-corrected chi connectivity index (χ1v) is 9.12. The largest absolute Gasteiger partial charge is 0.375 e. The van der Waals surface area contributed by atoms with Crippen LogP contribution in [0.2, 0.25) is 0 Å². The topological polar surface area (TPSA) is 96.7 Å². The van der Waals surface area contributed by atoms with E-state index in [0.717, 1.165) is 27.4 Å². The van der Waals surface area contributed by atoms with Crippen molar-refractivity contribution in [3.63, 3.8) is 0 Å². The predicted octanol–water partition coefficient (Wildman–Crippen LogP) is 3.27. The van der Waals surface area contributed by atoms with E-state index < -0.39 is 0 Å². The molecule has 0 bridgehead atoms. The first-order chi connectivity index (χ1) is 11.8. The van der Waals surface area contributed by atoms with Crippen LogP contribution in [0.15, 0.2) is 18.2 Å². The molecule has 2 aromatic heterocycles. The van der Waals surface area contributed by atoms with Crippen LogP contribution in [0.4, 0.5) is 5.13 Å². The number of nitrogens with zero attached hydrogens (tertiary/aromatic N) is 2. The highest BCUT2D eigenvalue weighted by molar-refractivity contribution is 7.15. The maximum absolute atomic E-state index is 12.5. The van der Waals surface area contributed by atoms with Crippen LogP contribution in [-0.4, -0.2) is 20.9 Å². The van der Waals surface area contributed by atoms with E-state index in [2.05, 4.69) is 40.2 Å². The Labute approximate surface area is 150 Å². The summed E-state index contributed by atoms with van der Waals surface area (Å²) in [7, 11) is 0. The Hall–Kier alpha value is -2.41. The van der Waals surface area contributed by atoms with E-state index in [0.29, 0.717) is 5.13 Å². The van der Waals surface area contributed by atoms with Gasteiger partial charge in [0.15, 0.2) is 5.13 Å². The second kappa shape index (κ2) is 6.84. The maximum Gasteiger partial charge on any atom is 0.225 e. The van der Waals surface area contributed by atoms with Crippen molar-refractivity contribution in [1.29, 1.82) is 0 Å². The number of fused-ring (bicyclic) bond motifs is 1. The standard InChI is InChI=1S/C18H23N5OS/c1-9(2)16(17-21-12-6-5-10(3)7-13(12)22-17)23-15(24)8-14-11(4)20-18(19)25-14/h5-7,9,16H,8H2,1-4H3,(H2,19,20)(H,21,22)(H,23,24). The van der Waals surface area contributed by atoms with Crippen LogP contribution in [-0.2, 0) is 11.2 Å². The molecule has 132 valence electrons. The van der Waals surface area contributed by atoms with Crippen molar-refractivity contribution in [2.24, 2.45) is 5.92 Å². The Morgan fingerprint density at radius 3 is 2.72 bits per heavy atom. The first kappa shape index (κ1) is 17.4. The highest BCUT2D eigenvalue weighted by Crippen LogP contribution is 2.24. The van der Waals surface area contributed by atoms with E-state index in [9.17, 15) is 4.79 Å². The summed E-state index contributed by atoms with van der Waals surface area (Å²) < 4.78 is 0. The molecule has 3 aromatic rings. The number of aromatic nitrogens is 3. The molecule has 0 aliphatic carbocycles. The normalized spacial score (nSPS) is 12.7. The zero-order chi connectivity index (χ0) is 18.1. The van der Waals surface area contributed by atoms with Crippen LogP contribution in [0.3, 0.4) is 0 Å². The fraction of sp³-hybridized carbons (Fsp3) is 0.389. The molecular weight excluding hydrogens is 334 g/mol. The van der Waals surface area contributed by atoms with Crippen LogP contribution in [0.1, 0.15) is 41.8 Å². The van der Waals surface area contributed by atoms with Crippen LogP contribution < -0.4 is 11.1 Å². The Morgan fingerprint density at radius 2 is 2.08 bits per heavy atom. The SMILES string of the molecule is Cc1ccc2nc(C(NC(=O)Cc3sc(N)nc3C)C(C)C)[nH]c2c1. The van der Waals surface area contributed by atoms with Crippen molar-refractivity contribution in [2.45, 2.75) is 40.2 Å². The van der Waals surface area contributed by atoms with Gasteiger partial charge in [-0.15, -0.1) is 11.3 Å². The highest BCUT2D eigenvalue weighted by atomic mass is 32.1. The molecule has 7 heteroatoms. The van der Waals surface area contributed by atoms with Gasteiger partial charge in [-0.1, -0.05) is 19.9 Å². The summed E-state index contributed by atoms with van der Waals surface area (Å²) in [6.45, 7) is 8.06. The van der Waals surface area contributed by atoms with Crippen LogP contribution in [0.5, 0.6) is 0 Å². The number of nitrogen functional groups attached to an aromatic ring is 1. The van der Waals surface area contributed by atoms with Crippen molar-refractivity contribution < 1.29 is 4.79 Å². The van der Waals surface area contributed by atoms with Crippen molar-refractivity contribution in [3.05, 3.63) is 40.2 Å². The average molecular weight is 357 g/mol. The Balaban J connectivity index is 1.80. The lowest BCUT2D eigenvalue weighted by molar-refractivity contribution is -0.121. The van der Waals surface area contributed by atoms with Gasteiger partial charge in [0.25, 0.3) is 0 Å². The van der Waals surface area contributed by atoms with Crippen molar-refractivity contribution in [1.82, 2.24) is 20.3 Å². The molecule has 2 heterocycles. The van der Waals surface area contributed by atoms with Crippen LogP contribution in [0.25, 0.3) is 11.0 Å². The number of thiazole rings is 1. The minimum Gasteiger partial charge on any atom is -0.375 e. The fourth-order valence-corrected chi connectivity index (χ4v) is 3.66. The summed E-state index contributed by atoms with van der Waals surface area (Å²) in [5.74, 6) is 0.935. The van der Waals surface area contributed by atoms with Crippen LogP contribution >= 0.6 is 11.3 Å². The van der Waals surface area contributed by atoms with Gasteiger partial charge in [0.05, 0.1) is 29.2 Å². The molecule has 0 aliphatic rings. The number of carbonyl (C=O) groups excluding carboxylic acids is 1. The molecule has 0 saturated carbocycles. The molecule has 4 N–H and O–H groups in total. The van der Waals surface area contributed by atoms with Gasteiger partial charge in [0.2, 0.25) is 5.91 Å². The number of nitrogens with two attached hydrogens (primary N) is 1. The van der Waals surface area contributed by atoms with Crippen LogP contribution in [0, 0.1) is 19.8 Å². The van der Waals surface area contributed by atoms with E-state index in [-0.39, 0.29) is 24.3 Å². The molecule has 1 unspecified atom stereocenters. The minimum absolute atomic E-state index is 0.0536. The smallest absolute Gasteiger partial charge is 0.225 e. The van der Waals surface area contributed by atoms with Gasteiger partial charge in [-0.3, -0.25) is 4.79 Å². The number of benzene rings is 1. The van der Waals surface area contributed by atoms with E-state index >= 15 is 0 Å². The molecule has 25 heavy (non-hydrogen) atoms. The fourth-order valence-electron chi connectivity index (χ4n) is 2.83. The van der Waals surface area contributed by atoms with Gasteiger partial charge in [0.1, 0.15) is 5.82 Å². The maximum atomic E-state index is 12.5. The second-order valence-corrected chi connectivity index (χ2v) is 7.78. The third kappa shape index (κ3) is 3.82. The Bertz CT molecular complexity index is 911. The van der Waals surface area contributed by atoms with Gasteiger partial charge < -0.3 is 16.0 Å². The number of aryl methyl sites for hydroxylation is 2. The molecule has 0 spiro atoms. The molecule has 1 atom stereocenters. The number of amides is 1. The molecule has 0 fully saturated rings. The van der Waals surface area contributed by atoms with Crippen molar-refractivity contribution >= 4 is 33.4 Å². The lowest BCUT2D eigenvalue weighted by atomic mass is 10.0. The molecule has 6 nitrogen and oxygen atoms in total. The second-order valence-electron chi connectivity index (χ2n) is 6.67. The summed E-state index contributed by atoms with van der Waals surface area (Å²) in [5.41, 5.74) is 9.60. The summed E-state index contributed by atoms with van der Waals surface area (Å²) in [5, 5.41) is 3.59. The number of nitrogens with one attached hydrogen (secondary N) is 2. The van der Waals surface area contributed by atoms with E-state index in [1.54, 1.807) is 0 Å². The third-order valence-corrected chi connectivity index (χ3v) is 5.15. The molecule has 0 saturated heterocycles. The summed E-state index contributed by atoms with van der Waals surface area (Å²) in [6.07, 6.45) is 0.281. The van der Waals surface area contributed by atoms with Crippen molar-refractivity contribution in [3.8, 4) is 0 Å². The molecule has 1 amide bonds. The van der Waals surface area contributed by atoms with Gasteiger partial charge in [-0.2, -0.15) is 0 Å². The minimum atomic E-state index is -0.175. The number of H-pyrrole nitrogens is 1. The molecule has 0 radical (unpaired) electrons. The predicted molar refractivity (Wildman–Crippen MR) is 102 cm³/mol. The lowest BCUT2D eigenvalue weighted by Crippen LogP contribution is -2.33. The summed E-state index contributed by atoms with van der Waals surface area (Å²) in [4.78, 5) is 25.6. The average Bonchev–Trinajstić information content (AvgIpc) is 3.07. The van der Waals surface area contributed by atoms with Gasteiger partial charge in [0, 0.05) is 4.88 Å². The van der Waals surface area contributed by atoms with E-state index in [4.69, 9.17) is 5.73 Å². The number of aromatic amines is 1. The zero-order valence-electron chi connectivity index (χ0n) is 14.9. The summed E-state index contributed by atoms with van der Waals surface area (Å²) >= 11 is 1.36. The number of hydrogen-bond acceptors (Lipinski definition) is 5. The van der Waals surface area contributed by atoms with E-state index in [1.165, 1.54) is 16.9 Å². The van der Waals surface area contributed by atoms with Crippen molar-refractivity contribution in [2.75, 3.05) is 5.73 Å². The number of rotatable bonds is 5. The van der Waals surface area contributed by atoms with Gasteiger partial charge in [-0.25, -0.2) is 9.97 Å². The highest BCUT2D eigenvalue weighted by Gasteiger charge is 2.22.